The number of hydrogen-bond acceptors (Lipinski definition) is 6. The van der Waals surface area contributed by atoms with Crippen LogP contribution < -0.4 is 10.6 Å². The average Bonchev–Trinajstić information content (AvgIpc) is 2.99. The second-order valence-electron chi connectivity index (χ2n) is 5.54. The van der Waals surface area contributed by atoms with E-state index in [0.29, 0.717) is 0 Å². The van der Waals surface area contributed by atoms with Gasteiger partial charge in [-0.25, -0.2) is 9.65 Å². The Kier molecular flexibility index (Phi) is 4.45. The number of nitrogens with one attached hydrogen (secondary N) is 1. The van der Waals surface area contributed by atoms with Gasteiger partial charge >= 0.3 is 7.75 Å². The van der Waals surface area contributed by atoms with E-state index in [9.17, 15) is 14.3 Å². The van der Waals surface area contributed by atoms with Crippen molar-refractivity contribution in [1.29, 1.82) is 0 Å². The van der Waals surface area contributed by atoms with Gasteiger partial charge in [0, 0.05) is 26.5 Å². The van der Waals surface area contributed by atoms with Gasteiger partial charge in [0.1, 0.15) is 11.7 Å². The molecule has 0 saturated carbocycles. The number of rotatable bonds is 6. The molecule has 2 fully saturated rings. The minimum Gasteiger partial charge on any atom is -0.382 e. The fourth-order valence-electron chi connectivity index (χ4n) is 3.08. The second-order valence-corrected chi connectivity index (χ2v) is 7.20. The minimum absolute atomic E-state index is 0.142. The van der Waals surface area contributed by atoms with Crippen molar-refractivity contribution in [2.45, 2.75) is 24.0 Å². The number of hydrogen-bond donors (Lipinski definition) is 2. The third-order valence-corrected chi connectivity index (χ3v) is 5.21. The van der Waals surface area contributed by atoms with E-state index in [-0.39, 0.29) is 18.8 Å². The van der Waals surface area contributed by atoms with Gasteiger partial charge in [-0.3, -0.25) is 9.36 Å². The summed E-state index contributed by atoms with van der Waals surface area (Å²) in [6, 6.07) is 4.08. The van der Waals surface area contributed by atoms with E-state index in [0.717, 1.165) is 7.11 Å². The predicted octanol–water partition coefficient (Wildman–Crippen LogP) is -0.134. The number of pyridine rings is 1. The molecule has 10 heteroatoms. The summed E-state index contributed by atoms with van der Waals surface area (Å²) >= 11 is 0. The fourth-order valence-corrected chi connectivity index (χ4v) is 3.92. The second kappa shape index (κ2) is 6.10. The highest BCUT2D eigenvalue weighted by molar-refractivity contribution is 7.50. The lowest BCUT2D eigenvalue weighted by molar-refractivity contribution is -0.188. The molecule has 2 bridgehead atoms. The Morgan fingerprint density at radius 2 is 2.30 bits per heavy atom. The molecule has 3 rings (SSSR count). The van der Waals surface area contributed by atoms with Crippen LogP contribution >= 0.6 is 7.75 Å². The van der Waals surface area contributed by atoms with Crippen LogP contribution in [0.1, 0.15) is 6.23 Å². The van der Waals surface area contributed by atoms with E-state index in [2.05, 4.69) is 9.61 Å². The van der Waals surface area contributed by atoms with Crippen molar-refractivity contribution in [3.8, 4) is 0 Å². The van der Waals surface area contributed by atoms with Crippen molar-refractivity contribution in [2.75, 3.05) is 27.4 Å². The molecule has 2 saturated heterocycles. The van der Waals surface area contributed by atoms with Crippen molar-refractivity contribution in [3.63, 3.8) is 0 Å². The highest BCUT2D eigenvalue weighted by Gasteiger charge is 2.63. The van der Waals surface area contributed by atoms with E-state index < -0.39 is 31.7 Å². The van der Waals surface area contributed by atoms with Gasteiger partial charge in [0.15, 0.2) is 6.23 Å². The summed E-state index contributed by atoms with van der Waals surface area (Å²) in [7, 11) is -1.37. The van der Waals surface area contributed by atoms with Gasteiger partial charge in [0.25, 0.3) is 5.56 Å². The normalized spacial score (nSPS) is 35.3. The third-order valence-electron chi connectivity index (χ3n) is 4.12. The first-order valence-corrected chi connectivity index (χ1v) is 8.62. The van der Waals surface area contributed by atoms with Crippen LogP contribution in [-0.2, 0) is 23.3 Å². The fraction of sp³-hybridized carbons (Fsp3) is 0.615. The number of fused-ring (bicyclic) bond motifs is 2. The molecule has 0 spiro atoms. The van der Waals surface area contributed by atoms with Crippen LogP contribution in [0.4, 0.5) is 0 Å². The molecule has 5 atom stereocenters. The zero-order chi connectivity index (χ0) is 16.7. The minimum atomic E-state index is -4.01. The van der Waals surface area contributed by atoms with E-state index in [1.54, 1.807) is 18.3 Å². The quantitative estimate of drug-likeness (QED) is 0.686. The molecule has 2 unspecified atom stereocenters. The highest BCUT2D eigenvalue weighted by Crippen LogP contribution is 2.49. The van der Waals surface area contributed by atoms with Gasteiger partial charge < -0.3 is 23.6 Å². The van der Waals surface area contributed by atoms with Gasteiger partial charge in [-0.05, 0) is 6.07 Å². The van der Waals surface area contributed by atoms with Crippen LogP contribution in [0.25, 0.3) is 0 Å². The summed E-state index contributed by atoms with van der Waals surface area (Å²) in [5, 5.41) is 2.56. The first-order chi connectivity index (χ1) is 10.9. The molecule has 0 aromatic carbocycles. The monoisotopic (exact) mass is 346 g/mol. The smallest absolute Gasteiger partial charge is 0.382 e. The molecule has 9 nitrogen and oxygen atoms in total. The molecule has 0 aliphatic carbocycles. The maximum atomic E-state index is 12.0. The number of methoxy groups -OCH3 is 1. The maximum absolute atomic E-state index is 12.0. The van der Waals surface area contributed by atoms with Gasteiger partial charge in [0.2, 0.25) is 0 Å². The molecule has 2 N–H and O–H groups in total. The van der Waals surface area contributed by atoms with Crippen molar-refractivity contribution >= 4 is 7.75 Å². The Balaban J connectivity index is 1.95. The predicted molar refractivity (Wildman–Crippen MR) is 78.9 cm³/mol. The molecule has 1 aromatic heterocycles. The van der Waals surface area contributed by atoms with Crippen LogP contribution in [0.2, 0.25) is 0 Å². The summed E-state index contributed by atoms with van der Waals surface area (Å²) < 4.78 is 34.8. The Bertz CT molecular complexity index is 680. The summed E-state index contributed by atoms with van der Waals surface area (Å²) in [6.45, 7) is 0.327. The third kappa shape index (κ3) is 2.89. The van der Waals surface area contributed by atoms with E-state index in [4.69, 9.17) is 14.2 Å². The van der Waals surface area contributed by atoms with E-state index in [1.165, 1.54) is 17.7 Å². The summed E-state index contributed by atoms with van der Waals surface area (Å²) in [6.07, 6.45) is 0.242. The van der Waals surface area contributed by atoms with E-state index >= 15 is 0 Å². The molecule has 128 valence electrons. The lowest BCUT2D eigenvalue weighted by Gasteiger charge is -2.31. The maximum Gasteiger partial charge on any atom is 0.403 e. The Morgan fingerprint density at radius 1 is 1.52 bits per heavy atom. The summed E-state index contributed by atoms with van der Waals surface area (Å²) in [5.41, 5.74) is -1.23. The largest absolute Gasteiger partial charge is 0.403 e. The van der Waals surface area contributed by atoms with Crippen LogP contribution in [0.5, 0.6) is 0 Å². The molecule has 0 amide bonds. The molecular formula is C13H19N2O7P. The molecule has 0 radical (unpaired) electrons. The standard InChI is InChI=1S/C13H19N2O7P/c1-19-7-13-8-21-10(11(13)14-23(17,18)20-2)12(22-13)15-6-4-3-5-9(15)16/h3-6,10-12H,7-8H2,1-2H3,(H2,14,17,18)/t10-,11-,12?,13-/m0/s1. The number of nitrogens with zero attached hydrogens (tertiary/aromatic N) is 1. The topological polar surface area (TPSA) is 108 Å². The summed E-state index contributed by atoms with van der Waals surface area (Å²) in [4.78, 5) is 21.8. The number of aromatic nitrogens is 1. The van der Waals surface area contributed by atoms with E-state index in [1.807, 2.05) is 0 Å². The molecule has 3 heterocycles. The van der Waals surface area contributed by atoms with Gasteiger partial charge in [-0.2, -0.15) is 0 Å². The van der Waals surface area contributed by atoms with Crippen molar-refractivity contribution in [2.24, 2.45) is 0 Å². The first kappa shape index (κ1) is 16.8. The van der Waals surface area contributed by atoms with Crippen molar-refractivity contribution in [3.05, 3.63) is 34.7 Å². The lowest BCUT2D eigenvalue weighted by atomic mass is 9.98. The Morgan fingerprint density at radius 3 is 2.96 bits per heavy atom. The van der Waals surface area contributed by atoms with Crippen LogP contribution in [0.15, 0.2) is 29.2 Å². The van der Waals surface area contributed by atoms with Gasteiger partial charge in [-0.15, -0.1) is 0 Å². The zero-order valence-corrected chi connectivity index (χ0v) is 13.6. The highest BCUT2D eigenvalue weighted by atomic mass is 31.2. The molecule has 23 heavy (non-hydrogen) atoms. The first-order valence-electron chi connectivity index (χ1n) is 7.04. The van der Waals surface area contributed by atoms with Crippen molar-refractivity contribution < 1.29 is 28.2 Å². The lowest BCUT2D eigenvalue weighted by Crippen LogP contribution is -2.50. The molecule has 2 aliphatic heterocycles. The van der Waals surface area contributed by atoms with Crippen LogP contribution in [0, 0.1) is 0 Å². The SMILES string of the molecule is COC[C@@]12CO[C@H](C(n3ccccc3=O)O1)[C@@H]2NP(=O)(O)OC. The average molecular weight is 346 g/mol. The van der Waals surface area contributed by atoms with Gasteiger partial charge in [0.05, 0.1) is 19.3 Å². The zero-order valence-electron chi connectivity index (χ0n) is 12.7. The van der Waals surface area contributed by atoms with Crippen LogP contribution in [-0.4, -0.2) is 54.6 Å². The summed E-state index contributed by atoms with van der Waals surface area (Å²) in [5.74, 6) is 0. The molecule has 2 aliphatic rings. The molecule has 1 aromatic rings. The van der Waals surface area contributed by atoms with Gasteiger partial charge in [-0.1, -0.05) is 6.07 Å². The molecular weight excluding hydrogens is 327 g/mol. The Hall–Kier alpha value is -1.06. The Labute approximate surface area is 132 Å². The number of ether oxygens (including phenoxy) is 3. The van der Waals surface area contributed by atoms with Crippen molar-refractivity contribution in [1.82, 2.24) is 9.65 Å². The van der Waals surface area contributed by atoms with Crippen LogP contribution in [0.3, 0.4) is 0 Å².